The summed E-state index contributed by atoms with van der Waals surface area (Å²) in [5.41, 5.74) is 3.85. The van der Waals surface area contributed by atoms with E-state index >= 15 is 0 Å². The first-order valence-electron chi connectivity index (χ1n) is 4.87. The number of hydrogen-bond acceptors (Lipinski definition) is 5. The zero-order valence-electron chi connectivity index (χ0n) is 9.47. The molecule has 0 aliphatic heterocycles. The topological polar surface area (TPSA) is 118 Å². The van der Waals surface area contributed by atoms with E-state index in [-0.39, 0.29) is 11.4 Å². The molecule has 0 bridgehead atoms. The molecule has 8 heteroatoms. The molecule has 3 N–H and O–H groups in total. The Kier molecular flexibility index (Phi) is 4.61. The van der Waals surface area contributed by atoms with Crippen molar-refractivity contribution in [1.82, 2.24) is 15.8 Å². The standard InChI is InChI=1S/C10H11N3O5/c1-6(14)12-13-8(15)5-18-7-3-2-4-11-9(7)10(16)17/h2-4H,5H2,1H3,(H,12,14)(H,13,15)(H,16,17). The molecular weight excluding hydrogens is 242 g/mol. The summed E-state index contributed by atoms with van der Waals surface area (Å²) in [7, 11) is 0. The van der Waals surface area contributed by atoms with Gasteiger partial charge in [0.05, 0.1) is 0 Å². The molecule has 2 amide bonds. The van der Waals surface area contributed by atoms with Crippen molar-refractivity contribution in [3.8, 4) is 5.75 Å². The molecule has 0 saturated heterocycles. The fourth-order valence-corrected chi connectivity index (χ4v) is 1.00. The predicted molar refractivity (Wildman–Crippen MR) is 58.7 cm³/mol. The van der Waals surface area contributed by atoms with Gasteiger partial charge in [0.1, 0.15) is 0 Å². The molecule has 18 heavy (non-hydrogen) atoms. The largest absolute Gasteiger partial charge is 0.481 e. The number of nitrogens with one attached hydrogen (secondary N) is 2. The summed E-state index contributed by atoms with van der Waals surface area (Å²) in [6, 6.07) is 2.86. The van der Waals surface area contributed by atoms with Crippen molar-refractivity contribution in [2.75, 3.05) is 6.61 Å². The Morgan fingerprint density at radius 1 is 1.39 bits per heavy atom. The number of hydrazine groups is 1. The first-order valence-corrected chi connectivity index (χ1v) is 4.87. The number of aromatic nitrogens is 1. The molecule has 96 valence electrons. The van der Waals surface area contributed by atoms with E-state index in [4.69, 9.17) is 9.84 Å². The van der Waals surface area contributed by atoms with Gasteiger partial charge >= 0.3 is 5.97 Å². The molecule has 0 aliphatic rings. The summed E-state index contributed by atoms with van der Waals surface area (Å²) in [5, 5.41) is 8.81. The molecule has 1 aromatic heterocycles. The first-order chi connectivity index (χ1) is 8.50. The summed E-state index contributed by atoms with van der Waals surface area (Å²) in [4.78, 5) is 36.1. The third kappa shape index (κ3) is 4.08. The molecule has 1 aromatic rings. The Morgan fingerprint density at radius 2 is 2.11 bits per heavy atom. The van der Waals surface area contributed by atoms with Crippen molar-refractivity contribution < 1.29 is 24.2 Å². The average Bonchev–Trinajstić information content (AvgIpc) is 2.34. The highest BCUT2D eigenvalue weighted by Gasteiger charge is 2.13. The number of pyridine rings is 1. The van der Waals surface area contributed by atoms with E-state index < -0.39 is 24.4 Å². The highest BCUT2D eigenvalue weighted by Crippen LogP contribution is 2.14. The molecule has 0 atom stereocenters. The van der Waals surface area contributed by atoms with Crippen LogP contribution >= 0.6 is 0 Å². The Balaban J connectivity index is 2.56. The van der Waals surface area contributed by atoms with Crippen LogP contribution in [0.15, 0.2) is 18.3 Å². The van der Waals surface area contributed by atoms with Crippen LogP contribution in [0.4, 0.5) is 0 Å². The number of hydrogen-bond donors (Lipinski definition) is 3. The van der Waals surface area contributed by atoms with E-state index in [1.807, 2.05) is 0 Å². The van der Waals surface area contributed by atoms with Gasteiger partial charge < -0.3 is 9.84 Å². The third-order valence-electron chi connectivity index (χ3n) is 1.71. The summed E-state index contributed by atoms with van der Waals surface area (Å²) in [5.74, 6) is -2.34. The summed E-state index contributed by atoms with van der Waals surface area (Å²) in [6.45, 7) is 0.789. The van der Waals surface area contributed by atoms with E-state index in [2.05, 4.69) is 15.8 Å². The zero-order chi connectivity index (χ0) is 13.5. The van der Waals surface area contributed by atoms with Crippen molar-refractivity contribution in [2.45, 2.75) is 6.92 Å². The second-order valence-corrected chi connectivity index (χ2v) is 3.17. The van der Waals surface area contributed by atoms with Crippen molar-refractivity contribution >= 4 is 17.8 Å². The van der Waals surface area contributed by atoms with Gasteiger partial charge in [-0.2, -0.15) is 0 Å². The minimum Gasteiger partial charge on any atom is -0.481 e. The molecule has 0 radical (unpaired) electrons. The number of nitrogens with zero attached hydrogens (tertiary/aromatic N) is 1. The quantitative estimate of drug-likeness (QED) is 0.612. The van der Waals surface area contributed by atoms with Crippen molar-refractivity contribution in [1.29, 1.82) is 0 Å². The first kappa shape index (κ1) is 13.4. The number of carboxylic acid groups (broad SMARTS) is 1. The fourth-order valence-electron chi connectivity index (χ4n) is 1.00. The molecule has 0 spiro atoms. The average molecular weight is 253 g/mol. The lowest BCUT2D eigenvalue weighted by molar-refractivity contribution is -0.129. The highest BCUT2D eigenvalue weighted by molar-refractivity contribution is 5.88. The number of carboxylic acids is 1. The second-order valence-electron chi connectivity index (χ2n) is 3.17. The summed E-state index contributed by atoms with van der Waals surface area (Å²) >= 11 is 0. The van der Waals surface area contributed by atoms with Gasteiger partial charge in [0.2, 0.25) is 5.91 Å². The van der Waals surface area contributed by atoms with Gasteiger partial charge in [0.15, 0.2) is 18.1 Å². The van der Waals surface area contributed by atoms with Gasteiger partial charge in [0.25, 0.3) is 5.91 Å². The lowest BCUT2D eigenvalue weighted by Gasteiger charge is -2.08. The molecular formula is C10H11N3O5. The molecule has 0 fully saturated rings. The van der Waals surface area contributed by atoms with Crippen LogP contribution in [-0.4, -0.2) is 34.5 Å². The molecule has 1 heterocycles. The van der Waals surface area contributed by atoms with Crippen molar-refractivity contribution in [3.05, 3.63) is 24.0 Å². The summed E-state index contributed by atoms with van der Waals surface area (Å²) < 4.78 is 4.99. The minimum absolute atomic E-state index is 0.0250. The number of aromatic carboxylic acids is 1. The molecule has 1 rings (SSSR count). The Hall–Kier alpha value is -2.64. The van der Waals surface area contributed by atoms with Gasteiger partial charge in [-0.15, -0.1) is 0 Å². The number of ether oxygens (including phenoxy) is 1. The summed E-state index contributed by atoms with van der Waals surface area (Å²) in [6.07, 6.45) is 1.30. The number of amides is 2. The normalized spacial score (nSPS) is 9.39. The van der Waals surface area contributed by atoms with E-state index in [9.17, 15) is 14.4 Å². The highest BCUT2D eigenvalue weighted by atomic mass is 16.5. The predicted octanol–water partition coefficient (Wildman–Crippen LogP) is -0.674. The van der Waals surface area contributed by atoms with Crippen LogP contribution in [0.3, 0.4) is 0 Å². The maximum Gasteiger partial charge on any atom is 0.358 e. The van der Waals surface area contributed by atoms with Gasteiger partial charge in [-0.1, -0.05) is 0 Å². The minimum atomic E-state index is -1.26. The molecule has 0 aromatic carbocycles. The Labute approximate surface area is 102 Å². The maximum absolute atomic E-state index is 11.2. The smallest absolute Gasteiger partial charge is 0.358 e. The van der Waals surface area contributed by atoms with Gasteiger partial charge in [0, 0.05) is 13.1 Å². The zero-order valence-corrected chi connectivity index (χ0v) is 9.47. The number of carbonyl (C=O) groups is 3. The van der Waals surface area contributed by atoms with Crippen molar-refractivity contribution in [3.63, 3.8) is 0 Å². The SMILES string of the molecule is CC(=O)NNC(=O)COc1cccnc1C(=O)O. The second kappa shape index (κ2) is 6.18. The van der Waals surface area contributed by atoms with Crippen molar-refractivity contribution in [2.24, 2.45) is 0 Å². The third-order valence-corrected chi connectivity index (χ3v) is 1.71. The number of carbonyl (C=O) groups excluding carboxylic acids is 2. The maximum atomic E-state index is 11.2. The van der Waals surface area contributed by atoms with Crippen LogP contribution in [0, 0.1) is 0 Å². The van der Waals surface area contributed by atoms with Crippen LogP contribution in [0.5, 0.6) is 5.75 Å². The van der Waals surface area contributed by atoms with Crippen LogP contribution in [0.25, 0.3) is 0 Å². The van der Waals surface area contributed by atoms with Crippen LogP contribution in [-0.2, 0) is 9.59 Å². The lowest BCUT2D eigenvalue weighted by atomic mass is 10.3. The monoisotopic (exact) mass is 253 g/mol. The van der Waals surface area contributed by atoms with E-state index in [0.29, 0.717) is 0 Å². The Morgan fingerprint density at radius 3 is 2.72 bits per heavy atom. The van der Waals surface area contributed by atoms with Crippen LogP contribution in [0.1, 0.15) is 17.4 Å². The van der Waals surface area contributed by atoms with E-state index in [1.54, 1.807) is 0 Å². The molecule has 0 unspecified atom stereocenters. The molecule has 8 nitrogen and oxygen atoms in total. The molecule has 0 saturated carbocycles. The lowest BCUT2D eigenvalue weighted by Crippen LogP contribution is -2.42. The fraction of sp³-hybridized carbons (Fsp3) is 0.200. The van der Waals surface area contributed by atoms with Crippen LogP contribution in [0.2, 0.25) is 0 Å². The van der Waals surface area contributed by atoms with Crippen LogP contribution < -0.4 is 15.6 Å². The molecule has 0 aliphatic carbocycles. The Bertz CT molecular complexity index is 474. The van der Waals surface area contributed by atoms with Gasteiger partial charge in [-0.05, 0) is 12.1 Å². The van der Waals surface area contributed by atoms with E-state index in [1.165, 1.54) is 25.3 Å². The number of rotatable bonds is 4. The van der Waals surface area contributed by atoms with Gasteiger partial charge in [-0.25, -0.2) is 9.78 Å². The van der Waals surface area contributed by atoms with E-state index in [0.717, 1.165) is 0 Å². The van der Waals surface area contributed by atoms with Gasteiger partial charge in [-0.3, -0.25) is 20.4 Å².